The second kappa shape index (κ2) is 5.15. The molecule has 0 fully saturated rings. The van der Waals surface area contributed by atoms with Crippen molar-refractivity contribution in [1.82, 2.24) is 5.32 Å². The lowest BCUT2D eigenvalue weighted by Gasteiger charge is -2.10. The number of hydrogen-bond acceptors (Lipinski definition) is 2. The van der Waals surface area contributed by atoms with E-state index in [1.54, 1.807) is 24.3 Å². The third-order valence-corrected chi connectivity index (χ3v) is 1.81. The molecule has 1 N–H and O–H groups in total. The second-order valence-electron chi connectivity index (χ2n) is 2.78. The zero-order valence-corrected chi connectivity index (χ0v) is 7.70. The fourth-order valence-corrected chi connectivity index (χ4v) is 1.14. The molecule has 0 heterocycles. The molecule has 0 aliphatic heterocycles. The Morgan fingerprint density at radius 1 is 1.57 bits per heavy atom. The Morgan fingerprint density at radius 3 is 2.86 bits per heavy atom. The van der Waals surface area contributed by atoms with Crippen molar-refractivity contribution in [2.24, 2.45) is 0 Å². The van der Waals surface area contributed by atoms with Crippen molar-refractivity contribution in [3.63, 3.8) is 0 Å². The average molecular weight is 190 g/mol. The topological polar surface area (TPSA) is 35.8 Å². The Morgan fingerprint density at radius 2 is 2.29 bits per heavy atom. The van der Waals surface area contributed by atoms with Crippen molar-refractivity contribution in [3.05, 3.63) is 48.3 Å². The van der Waals surface area contributed by atoms with Crippen LogP contribution in [-0.2, 0) is 0 Å². The molecule has 1 atom stereocenters. The molecule has 0 aliphatic carbocycles. The van der Waals surface area contributed by atoms with Gasteiger partial charge in [-0.25, -0.2) is 4.39 Å². The SMILES string of the molecule is C=CCNC(C#N)c1ccccc1F. The molecule has 0 saturated carbocycles. The van der Waals surface area contributed by atoms with Crippen LogP contribution < -0.4 is 5.32 Å². The summed E-state index contributed by atoms with van der Waals surface area (Å²) >= 11 is 0. The van der Waals surface area contributed by atoms with Gasteiger partial charge in [-0.05, 0) is 6.07 Å². The maximum absolute atomic E-state index is 13.2. The van der Waals surface area contributed by atoms with E-state index >= 15 is 0 Å². The normalized spacial score (nSPS) is 11.7. The fourth-order valence-electron chi connectivity index (χ4n) is 1.14. The Bertz CT molecular complexity index is 355. The van der Waals surface area contributed by atoms with Crippen molar-refractivity contribution in [3.8, 4) is 6.07 Å². The molecule has 2 nitrogen and oxygen atoms in total. The van der Waals surface area contributed by atoms with Gasteiger partial charge in [0.2, 0.25) is 0 Å². The number of halogens is 1. The van der Waals surface area contributed by atoms with E-state index < -0.39 is 6.04 Å². The summed E-state index contributed by atoms with van der Waals surface area (Å²) in [6.45, 7) is 4.00. The van der Waals surface area contributed by atoms with Gasteiger partial charge >= 0.3 is 0 Å². The van der Waals surface area contributed by atoms with E-state index in [4.69, 9.17) is 5.26 Å². The number of nitrogens with one attached hydrogen (secondary N) is 1. The molecule has 0 aliphatic rings. The van der Waals surface area contributed by atoms with Gasteiger partial charge in [0.05, 0.1) is 6.07 Å². The zero-order valence-electron chi connectivity index (χ0n) is 7.70. The van der Waals surface area contributed by atoms with Crippen LogP contribution in [0.4, 0.5) is 4.39 Å². The lowest BCUT2D eigenvalue weighted by Crippen LogP contribution is -2.20. The minimum absolute atomic E-state index is 0.365. The molecular weight excluding hydrogens is 179 g/mol. The predicted molar refractivity (Wildman–Crippen MR) is 53.0 cm³/mol. The smallest absolute Gasteiger partial charge is 0.129 e. The monoisotopic (exact) mass is 190 g/mol. The van der Waals surface area contributed by atoms with Crippen LogP contribution in [0, 0.1) is 17.1 Å². The first-order chi connectivity index (χ1) is 6.79. The van der Waals surface area contributed by atoms with Gasteiger partial charge in [0, 0.05) is 12.1 Å². The van der Waals surface area contributed by atoms with E-state index in [2.05, 4.69) is 11.9 Å². The molecule has 0 bridgehead atoms. The minimum Gasteiger partial charge on any atom is -0.295 e. The first-order valence-corrected chi connectivity index (χ1v) is 4.28. The van der Waals surface area contributed by atoms with E-state index in [1.165, 1.54) is 6.07 Å². The van der Waals surface area contributed by atoms with E-state index in [9.17, 15) is 4.39 Å². The first-order valence-electron chi connectivity index (χ1n) is 4.28. The molecule has 14 heavy (non-hydrogen) atoms. The number of hydrogen-bond donors (Lipinski definition) is 1. The largest absolute Gasteiger partial charge is 0.295 e. The number of nitrogens with zero attached hydrogens (tertiary/aromatic N) is 1. The summed E-state index contributed by atoms with van der Waals surface area (Å²) in [5, 5.41) is 11.7. The predicted octanol–water partition coefficient (Wildman–Crippen LogP) is 2.17. The summed E-state index contributed by atoms with van der Waals surface area (Å²) in [7, 11) is 0. The lowest BCUT2D eigenvalue weighted by atomic mass is 10.1. The third kappa shape index (κ3) is 2.41. The van der Waals surface area contributed by atoms with Crippen LogP contribution in [0.25, 0.3) is 0 Å². The van der Waals surface area contributed by atoms with Crippen LogP contribution in [0.2, 0.25) is 0 Å². The van der Waals surface area contributed by atoms with Gasteiger partial charge in [0.25, 0.3) is 0 Å². The van der Waals surface area contributed by atoms with Gasteiger partial charge in [-0.3, -0.25) is 5.32 Å². The first kappa shape index (κ1) is 10.4. The molecule has 72 valence electrons. The van der Waals surface area contributed by atoms with E-state index in [0.717, 1.165) is 0 Å². The van der Waals surface area contributed by atoms with Crippen molar-refractivity contribution >= 4 is 0 Å². The van der Waals surface area contributed by atoms with Crippen molar-refractivity contribution in [2.45, 2.75) is 6.04 Å². The van der Waals surface area contributed by atoms with Crippen molar-refractivity contribution in [1.29, 1.82) is 5.26 Å². The highest BCUT2D eigenvalue weighted by Gasteiger charge is 2.12. The Kier molecular flexibility index (Phi) is 3.84. The highest BCUT2D eigenvalue weighted by Crippen LogP contribution is 2.15. The van der Waals surface area contributed by atoms with Crippen LogP contribution >= 0.6 is 0 Å². The second-order valence-corrected chi connectivity index (χ2v) is 2.78. The summed E-state index contributed by atoms with van der Waals surface area (Å²) in [6.07, 6.45) is 1.63. The van der Waals surface area contributed by atoms with Gasteiger partial charge in [0.1, 0.15) is 11.9 Å². The lowest BCUT2D eigenvalue weighted by molar-refractivity contribution is 0.577. The van der Waals surface area contributed by atoms with E-state index in [-0.39, 0.29) is 5.82 Å². The molecule has 1 unspecified atom stereocenters. The maximum Gasteiger partial charge on any atom is 0.129 e. The van der Waals surface area contributed by atoms with Crippen LogP contribution in [0.1, 0.15) is 11.6 Å². The molecule has 3 heteroatoms. The van der Waals surface area contributed by atoms with Gasteiger partial charge in [-0.1, -0.05) is 24.3 Å². The van der Waals surface area contributed by atoms with Crippen LogP contribution in [0.15, 0.2) is 36.9 Å². The molecule has 0 aromatic heterocycles. The number of nitriles is 1. The molecule has 0 saturated heterocycles. The standard InChI is InChI=1S/C11H11FN2/c1-2-7-14-11(8-13)9-5-3-4-6-10(9)12/h2-6,11,14H,1,7H2. The summed E-state index contributed by atoms with van der Waals surface area (Å²) in [5.74, 6) is -0.365. The molecule has 0 radical (unpaired) electrons. The van der Waals surface area contributed by atoms with E-state index in [1.807, 2.05) is 6.07 Å². The molecule has 1 aromatic rings. The highest BCUT2D eigenvalue weighted by atomic mass is 19.1. The van der Waals surface area contributed by atoms with Gasteiger partial charge in [0.15, 0.2) is 0 Å². The number of rotatable bonds is 4. The summed E-state index contributed by atoms with van der Waals surface area (Å²) < 4.78 is 13.2. The third-order valence-electron chi connectivity index (χ3n) is 1.81. The Balaban J connectivity index is 2.85. The summed E-state index contributed by atoms with van der Waals surface area (Å²) in [5.41, 5.74) is 0.372. The van der Waals surface area contributed by atoms with Crippen LogP contribution in [0.5, 0.6) is 0 Å². The van der Waals surface area contributed by atoms with Crippen LogP contribution in [-0.4, -0.2) is 6.54 Å². The molecule has 1 aromatic carbocycles. The van der Waals surface area contributed by atoms with Gasteiger partial charge < -0.3 is 0 Å². The molecular formula is C11H11FN2. The van der Waals surface area contributed by atoms with Gasteiger partial charge in [-0.15, -0.1) is 6.58 Å². The van der Waals surface area contributed by atoms with Crippen LogP contribution in [0.3, 0.4) is 0 Å². The average Bonchev–Trinajstić information content (AvgIpc) is 2.21. The Hall–Kier alpha value is -1.66. The number of benzene rings is 1. The van der Waals surface area contributed by atoms with Crippen molar-refractivity contribution < 1.29 is 4.39 Å². The highest BCUT2D eigenvalue weighted by molar-refractivity contribution is 5.25. The minimum atomic E-state index is -0.616. The summed E-state index contributed by atoms with van der Waals surface area (Å²) in [6, 6.07) is 7.62. The Labute approximate surface area is 82.7 Å². The van der Waals surface area contributed by atoms with Crippen molar-refractivity contribution in [2.75, 3.05) is 6.54 Å². The molecule has 1 rings (SSSR count). The molecule has 0 spiro atoms. The molecule has 0 amide bonds. The van der Waals surface area contributed by atoms with Gasteiger partial charge in [-0.2, -0.15) is 5.26 Å². The zero-order chi connectivity index (χ0) is 10.4. The fraction of sp³-hybridized carbons (Fsp3) is 0.182. The maximum atomic E-state index is 13.2. The van der Waals surface area contributed by atoms with E-state index in [0.29, 0.717) is 12.1 Å². The summed E-state index contributed by atoms with van der Waals surface area (Å²) in [4.78, 5) is 0. The quantitative estimate of drug-likeness (QED) is 0.738.